The molecule has 0 saturated heterocycles. The number of amides is 4. The molecule has 0 aromatic carbocycles. The zero-order valence-electron chi connectivity index (χ0n) is 9.56. The normalized spacial score (nSPS) is 16.1. The van der Waals surface area contributed by atoms with Crippen molar-refractivity contribution in [2.45, 2.75) is 25.9 Å². The van der Waals surface area contributed by atoms with E-state index >= 15 is 0 Å². The van der Waals surface area contributed by atoms with E-state index in [-0.39, 0.29) is 24.5 Å². The number of ether oxygens (including phenoxy) is 1. The van der Waals surface area contributed by atoms with E-state index in [2.05, 4.69) is 10.5 Å². The third-order valence-corrected chi connectivity index (χ3v) is 2.04. The van der Waals surface area contributed by atoms with Crippen LogP contribution in [-0.2, 0) is 19.1 Å². The van der Waals surface area contributed by atoms with Gasteiger partial charge in [0.2, 0.25) is 5.91 Å². The molecule has 1 aliphatic rings. The van der Waals surface area contributed by atoms with Crippen molar-refractivity contribution in [3.05, 3.63) is 0 Å². The van der Waals surface area contributed by atoms with E-state index in [1.54, 1.807) is 5.32 Å². The molecule has 0 spiro atoms. The van der Waals surface area contributed by atoms with Gasteiger partial charge in [0.1, 0.15) is 5.71 Å². The number of nitrogens with two attached hydrogens (primary N) is 1. The van der Waals surface area contributed by atoms with Gasteiger partial charge in [-0.25, -0.2) is 15.0 Å². The summed E-state index contributed by atoms with van der Waals surface area (Å²) in [5.74, 6) is -1.97. The van der Waals surface area contributed by atoms with Crippen LogP contribution < -0.4 is 16.5 Å². The third-order valence-electron chi connectivity index (χ3n) is 2.04. The first kappa shape index (κ1) is 13.6. The lowest BCUT2D eigenvalue weighted by Crippen LogP contribution is -2.43. The SMILES string of the molecule is CC(OC(=O)C1=NNC(=O)CC1)C(=O)NC(N)=O. The Balaban J connectivity index is 2.52. The molecule has 1 rings (SSSR count). The summed E-state index contributed by atoms with van der Waals surface area (Å²) < 4.78 is 4.75. The summed E-state index contributed by atoms with van der Waals surface area (Å²) in [6.07, 6.45) is -0.935. The number of nitrogens with zero attached hydrogens (tertiary/aromatic N) is 1. The molecule has 0 aromatic heterocycles. The number of carbonyl (C=O) groups is 4. The maximum atomic E-state index is 11.5. The number of hydrogen-bond acceptors (Lipinski definition) is 6. The molecule has 9 nitrogen and oxygen atoms in total. The number of hydrazone groups is 1. The van der Waals surface area contributed by atoms with Crippen molar-refractivity contribution in [2.75, 3.05) is 0 Å². The molecule has 1 atom stereocenters. The Hall–Kier alpha value is -2.45. The van der Waals surface area contributed by atoms with E-state index in [4.69, 9.17) is 10.5 Å². The molecule has 0 radical (unpaired) electrons. The highest BCUT2D eigenvalue weighted by atomic mass is 16.5. The van der Waals surface area contributed by atoms with Gasteiger partial charge in [-0.05, 0) is 6.92 Å². The minimum absolute atomic E-state index is 0.00771. The molecule has 98 valence electrons. The van der Waals surface area contributed by atoms with Crippen molar-refractivity contribution in [3.8, 4) is 0 Å². The van der Waals surface area contributed by atoms with Gasteiger partial charge in [-0.1, -0.05) is 0 Å². The van der Waals surface area contributed by atoms with Crippen LogP contribution in [0.1, 0.15) is 19.8 Å². The van der Waals surface area contributed by atoms with Gasteiger partial charge < -0.3 is 10.5 Å². The molecule has 4 amide bonds. The number of imide groups is 1. The molecular formula is C9H12N4O5. The molecule has 0 saturated carbocycles. The molecule has 0 aliphatic carbocycles. The van der Waals surface area contributed by atoms with E-state index in [0.29, 0.717) is 0 Å². The Labute approximate surface area is 102 Å². The zero-order chi connectivity index (χ0) is 13.7. The van der Waals surface area contributed by atoms with Crippen molar-refractivity contribution < 1.29 is 23.9 Å². The second kappa shape index (κ2) is 5.75. The van der Waals surface area contributed by atoms with Crippen molar-refractivity contribution in [2.24, 2.45) is 10.8 Å². The van der Waals surface area contributed by atoms with Gasteiger partial charge >= 0.3 is 12.0 Å². The molecule has 0 aromatic rings. The summed E-state index contributed by atoms with van der Waals surface area (Å²) in [5.41, 5.74) is 6.87. The van der Waals surface area contributed by atoms with Gasteiger partial charge in [-0.3, -0.25) is 14.9 Å². The van der Waals surface area contributed by atoms with Gasteiger partial charge in [-0.2, -0.15) is 5.10 Å². The molecular weight excluding hydrogens is 244 g/mol. The van der Waals surface area contributed by atoms with Crippen LogP contribution in [0, 0.1) is 0 Å². The molecule has 0 fully saturated rings. The summed E-state index contributed by atoms with van der Waals surface area (Å²) in [7, 11) is 0. The number of carbonyl (C=O) groups excluding carboxylic acids is 4. The largest absolute Gasteiger partial charge is 0.448 e. The van der Waals surface area contributed by atoms with Crippen LogP contribution in [0.15, 0.2) is 5.10 Å². The molecule has 9 heteroatoms. The van der Waals surface area contributed by atoms with Crippen LogP contribution in [-0.4, -0.2) is 35.6 Å². The predicted molar refractivity (Wildman–Crippen MR) is 58.1 cm³/mol. The second-order valence-corrected chi connectivity index (χ2v) is 3.49. The van der Waals surface area contributed by atoms with Crippen LogP contribution >= 0.6 is 0 Å². The Morgan fingerprint density at radius 3 is 2.61 bits per heavy atom. The maximum Gasteiger partial charge on any atom is 0.355 e. The lowest BCUT2D eigenvalue weighted by molar-refractivity contribution is -0.148. The van der Waals surface area contributed by atoms with Crippen molar-refractivity contribution in [1.82, 2.24) is 10.7 Å². The summed E-state index contributed by atoms with van der Waals surface area (Å²) in [6, 6.07) is -1.04. The summed E-state index contributed by atoms with van der Waals surface area (Å²) in [6.45, 7) is 1.28. The monoisotopic (exact) mass is 256 g/mol. The third kappa shape index (κ3) is 3.85. The lowest BCUT2D eigenvalue weighted by atomic mass is 10.2. The van der Waals surface area contributed by atoms with Gasteiger partial charge in [0.25, 0.3) is 5.91 Å². The fourth-order valence-electron chi connectivity index (χ4n) is 1.13. The van der Waals surface area contributed by atoms with Crippen molar-refractivity contribution in [1.29, 1.82) is 0 Å². The summed E-state index contributed by atoms with van der Waals surface area (Å²) in [5, 5.41) is 5.27. The maximum absolute atomic E-state index is 11.5. The van der Waals surface area contributed by atoms with Crippen LogP contribution in [0.2, 0.25) is 0 Å². The van der Waals surface area contributed by atoms with E-state index in [1.807, 2.05) is 0 Å². The van der Waals surface area contributed by atoms with Crippen molar-refractivity contribution >= 4 is 29.5 Å². The fraction of sp³-hybridized carbons (Fsp3) is 0.444. The number of esters is 1. The van der Waals surface area contributed by atoms with E-state index in [1.165, 1.54) is 6.92 Å². The van der Waals surface area contributed by atoms with Gasteiger partial charge in [0.15, 0.2) is 6.10 Å². The highest BCUT2D eigenvalue weighted by molar-refractivity contribution is 6.37. The number of rotatable bonds is 3. The van der Waals surface area contributed by atoms with Gasteiger partial charge in [-0.15, -0.1) is 0 Å². The van der Waals surface area contributed by atoms with Crippen LogP contribution in [0.5, 0.6) is 0 Å². The quantitative estimate of drug-likeness (QED) is 0.520. The highest BCUT2D eigenvalue weighted by Gasteiger charge is 2.24. The van der Waals surface area contributed by atoms with Crippen LogP contribution in [0.4, 0.5) is 4.79 Å². The number of primary amides is 1. The van der Waals surface area contributed by atoms with Crippen LogP contribution in [0.3, 0.4) is 0 Å². The first-order valence-electron chi connectivity index (χ1n) is 5.07. The van der Waals surface area contributed by atoms with Crippen LogP contribution in [0.25, 0.3) is 0 Å². The first-order valence-corrected chi connectivity index (χ1v) is 5.07. The minimum Gasteiger partial charge on any atom is -0.448 e. The second-order valence-electron chi connectivity index (χ2n) is 3.49. The lowest BCUT2D eigenvalue weighted by Gasteiger charge is -2.14. The minimum atomic E-state index is -1.19. The predicted octanol–water partition coefficient (Wildman–Crippen LogP) is -1.62. The molecule has 1 unspecified atom stereocenters. The molecule has 1 aliphatic heterocycles. The molecule has 18 heavy (non-hydrogen) atoms. The smallest absolute Gasteiger partial charge is 0.355 e. The average molecular weight is 256 g/mol. The molecule has 1 heterocycles. The number of urea groups is 1. The number of nitrogens with one attached hydrogen (secondary N) is 2. The Morgan fingerprint density at radius 2 is 2.11 bits per heavy atom. The molecule has 4 N–H and O–H groups in total. The first-order chi connectivity index (χ1) is 8.40. The zero-order valence-corrected chi connectivity index (χ0v) is 9.56. The average Bonchev–Trinajstić information content (AvgIpc) is 2.28. The van der Waals surface area contributed by atoms with Gasteiger partial charge in [0, 0.05) is 12.8 Å². The van der Waals surface area contributed by atoms with E-state index in [0.717, 1.165) is 0 Å². The van der Waals surface area contributed by atoms with E-state index in [9.17, 15) is 19.2 Å². The fourth-order valence-corrected chi connectivity index (χ4v) is 1.13. The Morgan fingerprint density at radius 1 is 1.44 bits per heavy atom. The van der Waals surface area contributed by atoms with Gasteiger partial charge in [0.05, 0.1) is 0 Å². The Bertz CT molecular complexity index is 431. The molecule has 0 bridgehead atoms. The Kier molecular flexibility index (Phi) is 4.35. The van der Waals surface area contributed by atoms with Crippen molar-refractivity contribution in [3.63, 3.8) is 0 Å². The summed E-state index contributed by atoms with van der Waals surface area (Å²) >= 11 is 0. The van der Waals surface area contributed by atoms with E-state index < -0.39 is 24.0 Å². The topological polar surface area (TPSA) is 140 Å². The number of hydrogen-bond donors (Lipinski definition) is 3. The standard InChI is InChI=1S/C9H12N4O5/c1-4(7(15)11-9(10)17)18-8(16)5-2-3-6(14)13-12-5/h4H,2-3H2,1H3,(H,13,14)(H3,10,11,15,17). The summed E-state index contributed by atoms with van der Waals surface area (Å²) in [4.78, 5) is 43.9. The highest BCUT2D eigenvalue weighted by Crippen LogP contribution is 2.03.